The predicted molar refractivity (Wildman–Crippen MR) is 114 cm³/mol. The van der Waals surface area contributed by atoms with E-state index in [0.717, 1.165) is 6.42 Å². The van der Waals surface area contributed by atoms with Gasteiger partial charge >= 0.3 is 0 Å². The summed E-state index contributed by atoms with van der Waals surface area (Å²) in [6.45, 7) is 0.733. The van der Waals surface area contributed by atoms with E-state index >= 15 is 0 Å². The number of primary amides is 1. The molecular weight excluding hydrogens is 474 g/mol. The van der Waals surface area contributed by atoms with Crippen molar-refractivity contribution in [2.45, 2.75) is 36.2 Å². The van der Waals surface area contributed by atoms with E-state index in [1.807, 2.05) is 0 Å². The Morgan fingerprint density at radius 2 is 2.10 bits per heavy atom. The van der Waals surface area contributed by atoms with Crippen LogP contribution in [0.15, 0.2) is 27.6 Å². The molecule has 2 heterocycles. The molecule has 0 radical (unpaired) electrons. The van der Waals surface area contributed by atoms with Crippen LogP contribution in [0.4, 0.5) is 0 Å². The molecule has 2 bridgehead atoms. The van der Waals surface area contributed by atoms with Crippen molar-refractivity contribution in [2.24, 2.45) is 11.7 Å². The summed E-state index contributed by atoms with van der Waals surface area (Å²) in [6.07, 6.45) is 7.19. The number of methoxy groups -OCH3 is 1. The second kappa shape index (κ2) is 9.06. The summed E-state index contributed by atoms with van der Waals surface area (Å²) < 4.78 is 34.5. The highest BCUT2D eigenvalue weighted by molar-refractivity contribution is 9.10. The van der Waals surface area contributed by atoms with Crippen molar-refractivity contribution in [1.82, 2.24) is 9.21 Å². The summed E-state index contributed by atoms with van der Waals surface area (Å²) in [4.78, 5) is 26.3. The van der Waals surface area contributed by atoms with Gasteiger partial charge in [0.15, 0.2) is 0 Å². The number of fused-ring (bicyclic) bond motifs is 2. The number of hydrogen-bond acceptors (Lipinski definition) is 5. The number of sulfonamides is 1. The monoisotopic (exact) mass is 497 g/mol. The molecule has 3 atom stereocenters. The fourth-order valence-corrected chi connectivity index (χ4v) is 6.94. The minimum absolute atomic E-state index is 0.0663. The first-order valence-electron chi connectivity index (χ1n) is 9.55. The van der Waals surface area contributed by atoms with Crippen molar-refractivity contribution in [1.29, 1.82) is 0 Å². The molecule has 0 aromatic heterocycles. The molecular formula is C20H24BrN3O5S. The molecule has 2 amide bonds. The standard InChI is InChI=1S/C20H24BrN3O5S/c1-3-7-23-11-14(12-29-2)17-5-4-6-18(20(23)26)24(17)30(27,28)16-9-13(19(22)25)8-15(21)10-16/h1,8-10,14,17-18H,4-7,11-12H2,2H3,(H2,22,25)/t14-,17-,18+/m1/s1. The summed E-state index contributed by atoms with van der Waals surface area (Å²) in [5.74, 6) is 1.22. The molecule has 3 rings (SSSR count). The van der Waals surface area contributed by atoms with Crippen LogP contribution in [-0.4, -0.2) is 68.3 Å². The maximum atomic E-state index is 13.7. The van der Waals surface area contributed by atoms with Gasteiger partial charge in [-0.05, 0) is 37.5 Å². The number of nitrogens with two attached hydrogens (primary N) is 1. The molecule has 10 heteroatoms. The molecule has 0 aliphatic carbocycles. The first kappa shape index (κ1) is 22.7. The van der Waals surface area contributed by atoms with E-state index in [1.54, 1.807) is 7.11 Å². The maximum absolute atomic E-state index is 13.7. The Bertz CT molecular complexity index is 991. The highest BCUT2D eigenvalue weighted by Crippen LogP contribution is 2.37. The minimum Gasteiger partial charge on any atom is -0.384 e. The van der Waals surface area contributed by atoms with Crippen molar-refractivity contribution >= 4 is 37.8 Å². The molecule has 30 heavy (non-hydrogen) atoms. The normalized spacial score (nSPS) is 24.9. The quantitative estimate of drug-likeness (QED) is 0.593. The molecule has 8 nitrogen and oxygen atoms in total. The number of halogens is 1. The number of carbonyl (C=O) groups excluding carboxylic acids is 2. The first-order chi connectivity index (χ1) is 14.2. The van der Waals surface area contributed by atoms with Crippen LogP contribution in [0.25, 0.3) is 0 Å². The van der Waals surface area contributed by atoms with Gasteiger partial charge in [0.05, 0.1) is 18.0 Å². The third-order valence-corrected chi connectivity index (χ3v) is 7.97. The van der Waals surface area contributed by atoms with E-state index in [0.29, 0.717) is 30.5 Å². The molecule has 2 aliphatic rings. The first-order valence-corrected chi connectivity index (χ1v) is 11.8. The van der Waals surface area contributed by atoms with Crippen LogP contribution < -0.4 is 5.73 Å². The Morgan fingerprint density at radius 1 is 1.37 bits per heavy atom. The van der Waals surface area contributed by atoms with E-state index in [2.05, 4.69) is 21.9 Å². The number of amides is 2. The zero-order chi connectivity index (χ0) is 22.1. The molecule has 2 fully saturated rings. The molecule has 0 spiro atoms. The smallest absolute Gasteiger partial charge is 0.248 e. The van der Waals surface area contributed by atoms with Crippen molar-refractivity contribution in [3.05, 3.63) is 28.2 Å². The second-order valence-electron chi connectivity index (χ2n) is 7.53. The lowest BCUT2D eigenvalue weighted by Gasteiger charge is -2.40. The van der Waals surface area contributed by atoms with Gasteiger partial charge in [0.25, 0.3) is 0 Å². The number of ether oxygens (including phenoxy) is 1. The highest BCUT2D eigenvalue weighted by atomic mass is 79.9. The third kappa shape index (κ3) is 4.25. The Morgan fingerprint density at radius 3 is 2.73 bits per heavy atom. The molecule has 0 saturated carbocycles. The van der Waals surface area contributed by atoms with Gasteiger partial charge in [-0.1, -0.05) is 21.9 Å². The van der Waals surface area contributed by atoms with Gasteiger partial charge in [-0.25, -0.2) is 8.42 Å². The zero-order valence-corrected chi connectivity index (χ0v) is 19.0. The van der Waals surface area contributed by atoms with Gasteiger partial charge in [0.2, 0.25) is 21.8 Å². The Labute approximate surface area is 184 Å². The summed E-state index contributed by atoms with van der Waals surface area (Å²) in [5.41, 5.74) is 5.43. The highest BCUT2D eigenvalue weighted by Gasteiger charge is 2.50. The average molecular weight is 498 g/mol. The summed E-state index contributed by atoms with van der Waals surface area (Å²) >= 11 is 3.25. The summed E-state index contributed by atoms with van der Waals surface area (Å²) in [7, 11) is -2.56. The maximum Gasteiger partial charge on any atom is 0.248 e. The van der Waals surface area contributed by atoms with Crippen LogP contribution in [0.3, 0.4) is 0 Å². The van der Waals surface area contributed by atoms with Crippen LogP contribution in [0.1, 0.15) is 29.6 Å². The number of terminal acetylenes is 1. The molecule has 2 N–H and O–H groups in total. The van der Waals surface area contributed by atoms with E-state index < -0.39 is 28.0 Å². The Balaban J connectivity index is 2.13. The van der Waals surface area contributed by atoms with Gasteiger partial charge in [0, 0.05) is 35.7 Å². The zero-order valence-electron chi connectivity index (χ0n) is 16.6. The van der Waals surface area contributed by atoms with Gasteiger partial charge in [0.1, 0.15) is 6.04 Å². The van der Waals surface area contributed by atoms with Gasteiger partial charge in [-0.15, -0.1) is 6.42 Å². The van der Waals surface area contributed by atoms with Crippen LogP contribution >= 0.6 is 15.9 Å². The third-order valence-electron chi connectivity index (χ3n) is 5.60. The second-order valence-corrected chi connectivity index (χ2v) is 10.3. The van der Waals surface area contributed by atoms with Crippen molar-refractivity contribution < 1.29 is 22.7 Å². The lowest BCUT2D eigenvalue weighted by atomic mass is 9.91. The molecule has 162 valence electrons. The van der Waals surface area contributed by atoms with Gasteiger partial charge < -0.3 is 15.4 Å². The number of carbonyl (C=O) groups is 2. The van der Waals surface area contributed by atoms with E-state index in [1.165, 1.54) is 27.4 Å². The largest absolute Gasteiger partial charge is 0.384 e. The average Bonchev–Trinajstić information content (AvgIpc) is 2.76. The number of benzene rings is 1. The number of rotatable bonds is 6. The van der Waals surface area contributed by atoms with Gasteiger partial charge in [-0.2, -0.15) is 4.31 Å². The van der Waals surface area contributed by atoms with E-state index in [9.17, 15) is 18.0 Å². The van der Waals surface area contributed by atoms with Crippen LogP contribution in [-0.2, 0) is 19.6 Å². The van der Waals surface area contributed by atoms with Gasteiger partial charge in [-0.3, -0.25) is 9.59 Å². The molecule has 2 saturated heterocycles. The van der Waals surface area contributed by atoms with Crippen molar-refractivity contribution in [2.75, 3.05) is 26.8 Å². The van der Waals surface area contributed by atoms with Crippen LogP contribution in [0.5, 0.6) is 0 Å². The molecule has 0 unspecified atom stereocenters. The number of piperidine rings is 1. The predicted octanol–water partition coefficient (Wildman–Crippen LogP) is 1.20. The molecule has 1 aromatic rings. The fraction of sp³-hybridized carbons (Fsp3) is 0.500. The van der Waals surface area contributed by atoms with E-state index in [-0.39, 0.29) is 28.8 Å². The Kier molecular flexibility index (Phi) is 6.87. The molecule has 2 aliphatic heterocycles. The van der Waals surface area contributed by atoms with Crippen LogP contribution in [0, 0.1) is 18.3 Å². The van der Waals surface area contributed by atoms with Crippen LogP contribution in [0.2, 0.25) is 0 Å². The summed E-state index contributed by atoms with van der Waals surface area (Å²) in [5, 5.41) is 0. The fourth-order valence-electron chi connectivity index (χ4n) is 4.34. The SMILES string of the molecule is C#CCN1C[C@H](COC)[C@H]2CCC[C@@H](C1=O)N2S(=O)(=O)c1cc(Br)cc(C(N)=O)c1. The summed E-state index contributed by atoms with van der Waals surface area (Å²) in [6, 6.07) is 2.85. The topological polar surface area (TPSA) is 110 Å². The minimum atomic E-state index is -4.10. The van der Waals surface area contributed by atoms with E-state index in [4.69, 9.17) is 16.9 Å². The lowest BCUT2D eigenvalue weighted by Crippen LogP contribution is -2.55. The Hall–Kier alpha value is -1.93. The van der Waals surface area contributed by atoms with Crippen molar-refractivity contribution in [3.8, 4) is 12.3 Å². The molecule has 1 aromatic carbocycles. The number of nitrogens with zero attached hydrogens (tertiary/aromatic N) is 2. The van der Waals surface area contributed by atoms with Crippen molar-refractivity contribution in [3.63, 3.8) is 0 Å². The lowest BCUT2D eigenvalue weighted by molar-refractivity contribution is -0.134. The number of hydrogen-bond donors (Lipinski definition) is 1.